The number of non-ortho nitro benzene ring substituents is 1. The Bertz CT molecular complexity index is 798. The van der Waals surface area contributed by atoms with E-state index < -0.39 is 4.92 Å². The van der Waals surface area contributed by atoms with Crippen LogP contribution in [0, 0.1) is 10.1 Å². The van der Waals surface area contributed by atoms with Gasteiger partial charge in [0.1, 0.15) is 5.75 Å². The molecular weight excluding hydrogens is 408 g/mol. The van der Waals surface area contributed by atoms with E-state index in [2.05, 4.69) is 21.2 Å². The summed E-state index contributed by atoms with van der Waals surface area (Å²) < 4.78 is 6.56. The van der Waals surface area contributed by atoms with Gasteiger partial charge < -0.3 is 10.1 Å². The van der Waals surface area contributed by atoms with Gasteiger partial charge in [0, 0.05) is 33.5 Å². The van der Waals surface area contributed by atoms with E-state index in [0.717, 1.165) is 27.1 Å². The van der Waals surface area contributed by atoms with Crippen LogP contribution in [0.25, 0.3) is 0 Å². The summed E-state index contributed by atoms with van der Waals surface area (Å²) in [4.78, 5) is 23.3. The highest BCUT2D eigenvalue weighted by Gasteiger charge is 2.23. The molecule has 1 atom stereocenters. The number of nitrogens with zero attached hydrogens (tertiary/aromatic N) is 1. The number of nitrogens with one attached hydrogen (secondary N) is 1. The number of rotatable bonds is 5. The number of benzene rings is 2. The normalized spacial score (nSPS) is 15.8. The molecule has 8 heteroatoms. The summed E-state index contributed by atoms with van der Waals surface area (Å²) in [5.74, 6) is 0.961. The maximum atomic E-state index is 12.3. The summed E-state index contributed by atoms with van der Waals surface area (Å²) >= 11 is 4.79. The molecule has 0 fully saturated rings. The van der Waals surface area contributed by atoms with Crippen LogP contribution in [-0.4, -0.2) is 23.2 Å². The van der Waals surface area contributed by atoms with Crippen molar-refractivity contribution in [2.45, 2.75) is 17.4 Å². The number of carbonyl (C=O) groups is 1. The molecule has 1 N–H and O–H groups in total. The van der Waals surface area contributed by atoms with Crippen LogP contribution in [0.4, 0.5) is 5.69 Å². The topological polar surface area (TPSA) is 81.5 Å². The smallest absolute Gasteiger partial charge is 0.269 e. The van der Waals surface area contributed by atoms with Crippen molar-refractivity contribution in [3.05, 3.63) is 62.6 Å². The number of nitro groups is 1. The fourth-order valence-electron chi connectivity index (χ4n) is 2.56. The second kappa shape index (κ2) is 7.88. The molecule has 1 amide bonds. The van der Waals surface area contributed by atoms with Crippen LogP contribution in [-0.2, 0) is 4.79 Å². The number of hydrogen-bond donors (Lipinski definition) is 1. The lowest BCUT2D eigenvalue weighted by atomic mass is 10.0. The molecule has 1 heterocycles. The standard InChI is InChI=1S/C17H15BrN2O4S/c18-11-1-6-16-14(9-11)15(7-8-24-16)19-17(21)10-25-13-4-2-12(3-5-13)20(22)23/h1-6,9,15H,7-8,10H2,(H,19,21). The highest BCUT2D eigenvalue weighted by Crippen LogP contribution is 2.34. The van der Waals surface area contributed by atoms with Crippen molar-refractivity contribution in [2.24, 2.45) is 0 Å². The van der Waals surface area contributed by atoms with Crippen LogP contribution in [0.5, 0.6) is 5.75 Å². The summed E-state index contributed by atoms with van der Waals surface area (Å²) in [6, 6.07) is 11.9. The number of thioether (sulfide) groups is 1. The van der Waals surface area contributed by atoms with Crippen LogP contribution < -0.4 is 10.1 Å². The van der Waals surface area contributed by atoms with Crippen LogP contribution in [0.2, 0.25) is 0 Å². The van der Waals surface area contributed by atoms with Crippen LogP contribution in [0.3, 0.4) is 0 Å². The first kappa shape index (κ1) is 17.8. The number of halogens is 1. The fourth-order valence-corrected chi connectivity index (χ4v) is 3.65. The van der Waals surface area contributed by atoms with Gasteiger partial charge in [0.05, 0.1) is 23.3 Å². The first-order valence-electron chi connectivity index (χ1n) is 7.62. The van der Waals surface area contributed by atoms with Crippen molar-refractivity contribution in [3.8, 4) is 5.75 Å². The summed E-state index contributed by atoms with van der Waals surface area (Å²) in [6.45, 7) is 0.565. The molecule has 0 spiro atoms. The molecule has 0 saturated heterocycles. The largest absolute Gasteiger partial charge is 0.493 e. The van der Waals surface area contributed by atoms with Crippen molar-refractivity contribution in [1.82, 2.24) is 5.32 Å². The minimum Gasteiger partial charge on any atom is -0.493 e. The quantitative estimate of drug-likeness (QED) is 0.445. The molecule has 0 bridgehead atoms. The summed E-state index contributed by atoms with van der Waals surface area (Å²) in [6.07, 6.45) is 0.720. The van der Waals surface area contributed by atoms with Crippen molar-refractivity contribution < 1.29 is 14.5 Å². The van der Waals surface area contributed by atoms with Crippen molar-refractivity contribution in [2.75, 3.05) is 12.4 Å². The van der Waals surface area contributed by atoms with E-state index in [4.69, 9.17) is 4.74 Å². The van der Waals surface area contributed by atoms with Crippen molar-refractivity contribution in [1.29, 1.82) is 0 Å². The van der Waals surface area contributed by atoms with Gasteiger partial charge in [-0.05, 0) is 30.3 Å². The molecule has 0 aromatic heterocycles. The molecule has 2 aromatic rings. The Morgan fingerprint density at radius 1 is 1.32 bits per heavy atom. The Labute approximate surface area is 157 Å². The second-order valence-electron chi connectivity index (χ2n) is 5.48. The molecule has 6 nitrogen and oxygen atoms in total. The third kappa shape index (κ3) is 4.52. The minimum atomic E-state index is -0.443. The van der Waals surface area contributed by atoms with Gasteiger partial charge in [-0.1, -0.05) is 15.9 Å². The average Bonchev–Trinajstić information content (AvgIpc) is 2.61. The average molecular weight is 423 g/mol. The van der Waals surface area contributed by atoms with Gasteiger partial charge in [0.25, 0.3) is 5.69 Å². The van der Waals surface area contributed by atoms with E-state index in [1.165, 1.54) is 23.9 Å². The van der Waals surface area contributed by atoms with Gasteiger partial charge in [-0.25, -0.2) is 0 Å². The van der Waals surface area contributed by atoms with E-state index in [1.807, 2.05) is 18.2 Å². The molecule has 0 saturated carbocycles. The number of nitro benzene ring substituents is 1. The summed E-state index contributed by atoms with van der Waals surface area (Å²) in [7, 11) is 0. The minimum absolute atomic E-state index is 0.0400. The van der Waals surface area contributed by atoms with Gasteiger partial charge >= 0.3 is 0 Å². The second-order valence-corrected chi connectivity index (χ2v) is 7.44. The number of ether oxygens (including phenoxy) is 1. The summed E-state index contributed by atoms with van der Waals surface area (Å²) in [5.41, 5.74) is 1.01. The Balaban J connectivity index is 1.58. The van der Waals surface area contributed by atoms with E-state index in [9.17, 15) is 14.9 Å². The molecule has 3 rings (SSSR count). The zero-order valence-electron chi connectivity index (χ0n) is 13.1. The Kier molecular flexibility index (Phi) is 5.60. The van der Waals surface area contributed by atoms with E-state index >= 15 is 0 Å². The molecular formula is C17H15BrN2O4S. The predicted molar refractivity (Wildman–Crippen MR) is 99.0 cm³/mol. The Morgan fingerprint density at radius 3 is 2.80 bits per heavy atom. The van der Waals surface area contributed by atoms with Crippen molar-refractivity contribution in [3.63, 3.8) is 0 Å². The van der Waals surface area contributed by atoms with E-state index in [0.29, 0.717) is 6.61 Å². The molecule has 2 aromatic carbocycles. The third-order valence-electron chi connectivity index (χ3n) is 3.76. The zero-order valence-corrected chi connectivity index (χ0v) is 15.5. The summed E-state index contributed by atoms with van der Waals surface area (Å²) in [5, 5.41) is 13.7. The Morgan fingerprint density at radius 2 is 2.08 bits per heavy atom. The number of carbonyl (C=O) groups excluding carboxylic acids is 1. The lowest BCUT2D eigenvalue weighted by Crippen LogP contribution is -2.33. The monoisotopic (exact) mass is 422 g/mol. The number of hydrogen-bond acceptors (Lipinski definition) is 5. The first-order chi connectivity index (χ1) is 12.0. The first-order valence-corrected chi connectivity index (χ1v) is 9.39. The van der Waals surface area contributed by atoms with Crippen molar-refractivity contribution >= 4 is 39.3 Å². The SMILES string of the molecule is O=C(CSc1ccc([N+](=O)[O-])cc1)NC1CCOc2ccc(Br)cc21. The molecule has 130 valence electrons. The van der Waals surface area contributed by atoms with Gasteiger partial charge in [0.2, 0.25) is 5.91 Å². The number of amides is 1. The molecule has 0 aliphatic carbocycles. The van der Waals surface area contributed by atoms with Gasteiger partial charge in [-0.2, -0.15) is 0 Å². The van der Waals surface area contributed by atoms with Gasteiger partial charge in [-0.3, -0.25) is 14.9 Å². The Hall–Kier alpha value is -2.06. The lowest BCUT2D eigenvalue weighted by Gasteiger charge is -2.27. The highest BCUT2D eigenvalue weighted by atomic mass is 79.9. The maximum Gasteiger partial charge on any atom is 0.269 e. The molecule has 25 heavy (non-hydrogen) atoms. The maximum absolute atomic E-state index is 12.3. The highest BCUT2D eigenvalue weighted by molar-refractivity contribution is 9.10. The van der Waals surface area contributed by atoms with Crippen LogP contribution in [0.15, 0.2) is 51.8 Å². The van der Waals surface area contributed by atoms with Crippen LogP contribution in [0.1, 0.15) is 18.0 Å². The molecule has 0 radical (unpaired) electrons. The fraction of sp³-hybridized carbons (Fsp3) is 0.235. The zero-order chi connectivity index (χ0) is 17.8. The predicted octanol–water partition coefficient (Wildman–Crippen LogP) is 4.09. The van der Waals surface area contributed by atoms with Crippen LogP contribution >= 0.6 is 27.7 Å². The molecule has 1 aliphatic heterocycles. The number of fused-ring (bicyclic) bond motifs is 1. The van der Waals surface area contributed by atoms with Gasteiger partial charge in [0.15, 0.2) is 0 Å². The van der Waals surface area contributed by atoms with E-state index in [1.54, 1.807) is 12.1 Å². The van der Waals surface area contributed by atoms with Gasteiger partial charge in [-0.15, -0.1) is 11.8 Å². The van der Waals surface area contributed by atoms with E-state index in [-0.39, 0.29) is 23.4 Å². The molecule has 1 unspecified atom stereocenters. The lowest BCUT2D eigenvalue weighted by molar-refractivity contribution is -0.384. The third-order valence-corrected chi connectivity index (χ3v) is 5.27. The molecule has 1 aliphatic rings.